The van der Waals surface area contributed by atoms with Crippen LogP contribution in [0.4, 0.5) is 17.5 Å². The summed E-state index contributed by atoms with van der Waals surface area (Å²) in [5.41, 5.74) is 1.24. The van der Waals surface area contributed by atoms with E-state index in [4.69, 9.17) is 42.3 Å². The molecule has 10 nitrogen and oxygen atoms in total. The lowest BCUT2D eigenvalue weighted by molar-refractivity contribution is 0.0882. The minimum absolute atomic E-state index is 0.0530. The molecule has 5 heterocycles. The van der Waals surface area contributed by atoms with Crippen LogP contribution in [0.25, 0.3) is 11.0 Å². The van der Waals surface area contributed by atoms with Gasteiger partial charge in [-0.1, -0.05) is 105 Å². The SMILES string of the molecule is CC(C)(C)[Si](O[C@@H]1COC[C@@H]1N1CCN(c2nc3nc(Nc4cnn(C5CC5)c4Cl)ncc3cc2Cl)CC1)(c1ccccc1)c1ccccc1. The van der Waals surface area contributed by atoms with Gasteiger partial charge in [-0.05, 0) is 34.3 Å². The standard InChI is InChI=1S/C37H42Cl2N8O2Si/c1-37(2,3)50(27-10-6-4-7-11-27,28-12-8-5-9-13-28)49-32-24-48-23-31(32)45-16-18-46(19-17-45)35-29(38)20-25-21-40-36(44-34(25)43-35)42-30-22-41-47(33(30)39)26-14-15-26/h4-13,20-22,26,31-32H,14-19,23-24H2,1-3H3,(H,40,42,43,44)/t31-,32+/m0/s1. The van der Waals surface area contributed by atoms with Crippen LogP contribution in [0, 0.1) is 0 Å². The molecule has 2 aliphatic heterocycles. The maximum absolute atomic E-state index is 7.55. The van der Waals surface area contributed by atoms with Crippen molar-refractivity contribution in [2.75, 3.05) is 49.6 Å². The van der Waals surface area contributed by atoms with E-state index in [1.807, 2.05) is 10.7 Å². The lowest BCUT2D eigenvalue weighted by Crippen LogP contribution is -2.69. The van der Waals surface area contributed by atoms with Crippen molar-refractivity contribution in [3.63, 3.8) is 0 Å². The van der Waals surface area contributed by atoms with Crippen molar-refractivity contribution in [3.8, 4) is 0 Å². The summed E-state index contributed by atoms with van der Waals surface area (Å²) in [4.78, 5) is 18.9. The summed E-state index contributed by atoms with van der Waals surface area (Å²) in [7, 11) is -2.73. The van der Waals surface area contributed by atoms with Crippen LogP contribution in [0.3, 0.4) is 0 Å². The number of benzene rings is 2. The number of ether oxygens (including phenoxy) is 1. The molecule has 0 bridgehead atoms. The number of halogens is 2. The Morgan fingerprint density at radius 2 is 1.56 bits per heavy atom. The zero-order chi connectivity index (χ0) is 34.5. The predicted molar refractivity (Wildman–Crippen MR) is 202 cm³/mol. The van der Waals surface area contributed by atoms with E-state index >= 15 is 0 Å². The highest BCUT2D eigenvalue weighted by Crippen LogP contribution is 2.40. The van der Waals surface area contributed by atoms with Crippen LogP contribution in [0.2, 0.25) is 15.2 Å². The van der Waals surface area contributed by atoms with Crippen LogP contribution in [0.15, 0.2) is 79.1 Å². The Hall–Kier alpha value is -3.58. The lowest BCUT2D eigenvalue weighted by Gasteiger charge is -2.47. The molecule has 2 atom stereocenters. The van der Waals surface area contributed by atoms with Crippen molar-refractivity contribution >= 4 is 70.4 Å². The number of nitrogens with zero attached hydrogens (tertiary/aromatic N) is 7. The number of nitrogens with one attached hydrogen (secondary N) is 1. The average Bonchev–Trinajstić information content (AvgIpc) is 3.75. The number of pyridine rings is 1. The van der Waals surface area contributed by atoms with Crippen molar-refractivity contribution in [1.29, 1.82) is 0 Å². The molecule has 8 rings (SSSR count). The molecule has 260 valence electrons. The molecule has 1 aliphatic carbocycles. The summed E-state index contributed by atoms with van der Waals surface area (Å²) >= 11 is 13.4. The van der Waals surface area contributed by atoms with E-state index in [0.29, 0.717) is 46.7 Å². The topological polar surface area (TPSA) is 93.5 Å². The van der Waals surface area contributed by atoms with Gasteiger partial charge in [0.1, 0.15) is 5.82 Å². The summed E-state index contributed by atoms with van der Waals surface area (Å²) in [5.74, 6) is 1.14. The molecule has 5 aromatic rings. The first-order valence-corrected chi connectivity index (χ1v) is 20.1. The van der Waals surface area contributed by atoms with Gasteiger partial charge in [-0.15, -0.1) is 0 Å². The van der Waals surface area contributed by atoms with Crippen molar-refractivity contribution in [2.45, 2.75) is 56.8 Å². The van der Waals surface area contributed by atoms with Crippen molar-refractivity contribution in [2.24, 2.45) is 0 Å². The first-order chi connectivity index (χ1) is 24.2. The Labute approximate surface area is 303 Å². The molecule has 1 saturated carbocycles. The highest BCUT2D eigenvalue weighted by atomic mass is 35.5. The number of hydrogen-bond acceptors (Lipinski definition) is 9. The average molecular weight is 730 g/mol. The number of fused-ring (bicyclic) bond motifs is 1. The van der Waals surface area contributed by atoms with Crippen LogP contribution < -0.4 is 20.6 Å². The Kier molecular flexibility index (Phi) is 9.07. The van der Waals surface area contributed by atoms with Crippen LogP contribution in [-0.2, 0) is 9.16 Å². The van der Waals surface area contributed by atoms with E-state index in [0.717, 1.165) is 50.2 Å². The molecule has 0 amide bonds. The molecule has 2 saturated heterocycles. The predicted octanol–water partition coefficient (Wildman–Crippen LogP) is 6.07. The smallest absolute Gasteiger partial charge is 0.261 e. The van der Waals surface area contributed by atoms with Gasteiger partial charge in [0, 0.05) is 37.8 Å². The molecule has 1 N–H and O–H groups in total. The van der Waals surface area contributed by atoms with Gasteiger partial charge in [0.2, 0.25) is 5.95 Å². The van der Waals surface area contributed by atoms with Gasteiger partial charge in [-0.3, -0.25) is 4.90 Å². The number of piperazine rings is 1. The second kappa shape index (κ2) is 13.5. The van der Waals surface area contributed by atoms with E-state index in [2.05, 4.69) is 107 Å². The van der Waals surface area contributed by atoms with Crippen molar-refractivity contribution in [1.82, 2.24) is 29.6 Å². The summed E-state index contributed by atoms with van der Waals surface area (Å²) in [6.07, 6.45) is 5.59. The second-order valence-electron chi connectivity index (χ2n) is 14.5. The number of rotatable bonds is 9. The normalized spacial score (nSPS) is 20.5. The van der Waals surface area contributed by atoms with Gasteiger partial charge in [-0.25, -0.2) is 14.6 Å². The van der Waals surface area contributed by atoms with E-state index < -0.39 is 8.32 Å². The highest BCUT2D eigenvalue weighted by molar-refractivity contribution is 6.99. The number of hydrogen-bond donors (Lipinski definition) is 1. The third-order valence-corrected chi connectivity index (χ3v) is 15.9. The van der Waals surface area contributed by atoms with Crippen LogP contribution in [0.1, 0.15) is 39.7 Å². The highest BCUT2D eigenvalue weighted by Gasteiger charge is 2.53. The first kappa shape index (κ1) is 33.6. The maximum Gasteiger partial charge on any atom is 0.261 e. The fraction of sp³-hybridized carbons (Fsp3) is 0.405. The molecule has 3 aromatic heterocycles. The molecule has 2 aromatic carbocycles. The molecule has 0 radical (unpaired) electrons. The van der Waals surface area contributed by atoms with Gasteiger partial charge in [-0.2, -0.15) is 10.1 Å². The van der Waals surface area contributed by atoms with Crippen molar-refractivity contribution in [3.05, 3.63) is 89.3 Å². The molecular formula is C37H42Cl2N8O2Si. The first-order valence-electron chi connectivity index (χ1n) is 17.4. The van der Waals surface area contributed by atoms with Crippen LogP contribution >= 0.6 is 23.2 Å². The van der Waals surface area contributed by atoms with E-state index in [9.17, 15) is 0 Å². The molecule has 3 aliphatic rings. The Morgan fingerprint density at radius 3 is 2.20 bits per heavy atom. The van der Waals surface area contributed by atoms with E-state index in [-0.39, 0.29) is 17.2 Å². The van der Waals surface area contributed by atoms with Crippen LogP contribution in [0.5, 0.6) is 0 Å². The number of anilines is 3. The Balaban J connectivity index is 0.997. The fourth-order valence-corrected chi connectivity index (χ4v) is 12.7. The van der Waals surface area contributed by atoms with Gasteiger partial charge in [0.15, 0.2) is 10.8 Å². The summed E-state index contributed by atoms with van der Waals surface area (Å²) in [5, 5.41) is 12.0. The fourth-order valence-electron chi connectivity index (χ4n) is 7.50. The van der Waals surface area contributed by atoms with Crippen LogP contribution in [-0.4, -0.2) is 89.5 Å². The molecule has 3 fully saturated rings. The summed E-state index contributed by atoms with van der Waals surface area (Å²) in [6, 6.07) is 24.1. The maximum atomic E-state index is 7.55. The zero-order valence-electron chi connectivity index (χ0n) is 28.6. The van der Waals surface area contributed by atoms with Gasteiger partial charge < -0.3 is 19.4 Å². The lowest BCUT2D eigenvalue weighted by atomic mass is 10.1. The van der Waals surface area contributed by atoms with Gasteiger partial charge in [0.05, 0.1) is 48.3 Å². The largest absolute Gasteiger partial charge is 0.400 e. The molecule has 13 heteroatoms. The zero-order valence-corrected chi connectivity index (χ0v) is 31.1. The Morgan fingerprint density at radius 1 is 0.880 bits per heavy atom. The van der Waals surface area contributed by atoms with Gasteiger partial charge >= 0.3 is 0 Å². The van der Waals surface area contributed by atoms with Crippen molar-refractivity contribution < 1.29 is 9.16 Å². The molecule has 0 unspecified atom stereocenters. The quantitative estimate of drug-likeness (QED) is 0.182. The van der Waals surface area contributed by atoms with E-state index in [1.54, 1.807) is 12.4 Å². The second-order valence-corrected chi connectivity index (χ2v) is 19.5. The van der Waals surface area contributed by atoms with Gasteiger partial charge in [0.25, 0.3) is 8.32 Å². The van der Waals surface area contributed by atoms with E-state index in [1.165, 1.54) is 10.4 Å². The minimum atomic E-state index is -2.73. The molecule has 50 heavy (non-hydrogen) atoms. The minimum Gasteiger partial charge on any atom is -0.400 e. The number of aromatic nitrogens is 5. The molecular weight excluding hydrogens is 687 g/mol. The monoisotopic (exact) mass is 728 g/mol. The Bertz CT molecular complexity index is 1920. The third-order valence-electron chi connectivity index (χ3n) is 10.2. The molecule has 0 spiro atoms. The summed E-state index contributed by atoms with van der Waals surface area (Å²) in [6.45, 7) is 11.4. The third kappa shape index (κ3) is 6.29. The summed E-state index contributed by atoms with van der Waals surface area (Å²) < 4.78 is 15.6.